The Bertz CT molecular complexity index is 4680. The SMILES string of the molecule is CC(C)(C)OC(=O)NC(C)(C)c1cc(-c2ccc(F)cc2)nc(C(O)(CCC(=O)c2ccc3oc(=O)[nH]c3c2)C(F)(F)F)c1.CC(C)(N)c1cc(-c2ccc(F)cc2)nc(C(O)(CCC(=O)c2ccc3oc(=O)[nH]c3c2)C(F)(F)F)c1.Cl.O=C(O)c1ccc2oc(=O)[nH]c2c1. The monoisotopic (exact) mass is 1350 g/mol. The molecule has 0 saturated carbocycles. The van der Waals surface area contributed by atoms with Crippen LogP contribution in [0.3, 0.4) is 0 Å². The summed E-state index contributed by atoms with van der Waals surface area (Å²) in [6.07, 6.45) is -14.9. The molecule has 30 heteroatoms. The Balaban J connectivity index is 0.000000225. The summed E-state index contributed by atoms with van der Waals surface area (Å²) in [5.74, 6) is -5.68. The van der Waals surface area contributed by atoms with Crippen molar-refractivity contribution in [2.24, 2.45) is 5.73 Å². The van der Waals surface area contributed by atoms with Gasteiger partial charge in [0.2, 0.25) is 11.2 Å². The molecule has 5 aromatic heterocycles. The van der Waals surface area contributed by atoms with Gasteiger partial charge in [0.15, 0.2) is 28.3 Å². The van der Waals surface area contributed by atoms with Crippen molar-refractivity contribution in [2.45, 2.75) is 114 Å². The van der Waals surface area contributed by atoms with E-state index in [2.05, 4.69) is 30.2 Å². The van der Waals surface area contributed by atoms with Gasteiger partial charge in [0.25, 0.3) is 0 Å². The molecule has 1 amide bonds. The van der Waals surface area contributed by atoms with Crippen LogP contribution in [0.1, 0.15) is 128 Å². The minimum Gasteiger partial charge on any atom is -0.478 e. The molecule has 0 spiro atoms. The summed E-state index contributed by atoms with van der Waals surface area (Å²) < 4.78 is 134. The number of halogens is 9. The summed E-state index contributed by atoms with van der Waals surface area (Å²) in [6.45, 7) is 11.1. The molecule has 0 aliphatic rings. The first kappa shape index (κ1) is 72.3. The number of rotatable bonds is 16. The topological polar surface area (TPSA) is 340 Å². The van der Waals surface area contributed by atoms with Gasteiger partial charge in [-0.1, -0.05) is 0 Å². The van der Waals surface area contributed by atoms with Gasteiger partial charge < -0.3 is 44.4 Å². The smallest absolute Gasteiger partial charge is 0.422 e. The predicted molar refractivity (Wildman–Crippen MR) is 331 cm³/mol. The second-order valence-corrected chi connectivity index (χ2v) is 23.8. The lowest BCUT2D eigenvalue weighted by atomic mass is 9.86. The number of hydrogen-bond donors (Lipinski definition) is 8. The third-order valence-electron chi connectivity index (χ3n) is 14.6. The van der Waals surface area contributed by atoms with Crippen LogP contribution in [0, 0.1) is 11.6 Å². The Hall–Kier alpha value is -10.1. The van der Waals surface area contributed by atoms with Crippen LogP contribution in [0.4, 0.5) is 39.9 Å². The number of aliphatic hydroxyl groups is 2. The number of carbonyl (C=O) groups excluding carboxylic acids is 3. The molecule has 0 radical (unpaired) electrons. The van der Waals surface area contributed by atoms with Gasteiger partial charge in [-0.05, 0) is 200 Å². The van der Waals surface area contributed by atoms with E-state index in [-0.39, 0.29) is 79.4 Å². The molecular formula is C65H60ClF8N7O14. The van der Waals surface area contributed by atoms with E-state index in [1.807, 2.05) is 0 Å². The molecule has 21 nitrogen and oxygen atoms in total. The maximum Gasteiger partial charge on any atom is 0.422 e. The number of nitrogens with zero attached hydrogens (tertiary/aromatic N) is 2. The maximum atomic E-state index is 14.7. The number of carboxylic acid groups (broad SMARTS) is 1. The Kier molecular flexibility index (Phi) is 20.9. The highest BCUT2D eigenvalue weighted by molar-refractivity contribution is 5.99. The summed E-state index contributed by atoms with van der Waals surface area (Å²) in [6, 6.07) is 26.8. The quantitative estimate of drug-likeness (QED) is 0.0329. The largest absolute Gasteiger partial charge is 0.478 e. The third kappa shape index (κ3) is 17.2. The van der Waals surface area contributed by atoms with Crippen molar-refractivity contribution in [2.75, 3.05) is 0 Å². The number of aromatic carboxylic acids is 1. The zero-order valence-corrected chi connectivity index (χ0v) is 52.0. The van der Waals surface area contributed by atoms with E-state index in [9.17, 15) is 78.9 Å². The highest BCUT2D eigenvalue weighted by Gasteiger charge is 2.57. The van der Waals surface area contributed by atoms with Gasteiger partial charge in [0.05, 0.1) is 50.4 Å². The zero-order valence-electron chi connectivity index (χ0n) is 51.2. The van der Waals surface area contributed by atoms with E-state index >= 15 is 0 Å². The van der Waals surface area contributed by atoms with Crippen molar-refractivity contribution in [3.63, 3.8) is 0 Å². The van der Waals surface area contributed by atoms with E-state index < -0.39 is 130 Å². The molecule has 5 aromatic carbocycles. The fourth-order valence-corrected chi connectivity index (χ4v) is 9.43. The molecule has 502 valence electrons. The number of aromatic amines is 3. The first-order valence-electron chi connectivity index (χ1n) is 28.3. The van der Waals surface area contributed by atoms with Crippen LogP contribution in [-0.4, -0.2) is 81.8 Å². The molecule has 9 N–H and O–H groups in total. The molecule has 2 unspecified atom stereocenters. The minimum absolute atomic E-state index is 0. The van der Waals surface area contributed by atoms with Crippen molar-refractivity contribution in [3.8, 4) is 22.5 Å². The number of amides is 1. The van der Waals surface area contributed by atoms with Gasteiger partial charge in [-0.15, -0.1) is 12.4 Å². The molecule has 5 heterocycles. The number of alkyl halides is 6. The average molecular weight is 1350 g/mol. The fraction of sp³-hybridized carbons (Fsp3) is 0.277. The van der Waals surface area contributed by atoms with E-state index in [4.69, 9.17) is 28.8 Å². The van der Waals surface area contributed by atoms with Crippen LogP contribution in [0.5, 0.6) is 0 Å². The number of nitrogens with two attached hydrogens (primary N) is 1. The van der Waals surface area contributed by atoms with Crippen molar-refractivity contribution in [1.82, 2.24) is 30.2 Å². The van der Waals surface area contributed by atoms with Gasteiger partial charge in [-0.3, -0.25) is 24.5 Å². The summed E-state index contributed by atoms with van der Waals surface area (Å²) in [7, 11) is 0. The summed E-state index contributed by atoms with van der Waals surface area (Å²) >= 11 is 0. The van der Waals surface area contributed by atoms with Crippen LogP contribution >= 0.6 is 12.4 Å². The van der Waals surface area contributed by atoms with Gasteiger partial charge in [-0.25, -0.2) is 42.7 Å². The zero-order chi connectivity index (χ0) is 69.3. The molecule has 0 aliphatic carbocycles. The number of carboxylic acids is 1. The van der Waals surface area contributed by atoms with Crippen molar-refractivity contribution >= 4 is 69.3 Å². The van der Waals surface area contributed by atoms with Crippen molar-refractivity contribution in [1.29, 1.82) is 0 Å². The lowest BCUT2D eigenvalue weighted by molar-refractivity contribution is -0.270. The number of aromatic nitrogens is 5. The Labute approximate surface area is 537 Å². The molecule has 2 atom stereocenters. The Morgan fingerprint density at radius 2 is 0.874 bits per heavy atom. The van der Waals surface area contributed by atoms with Crippen LogP contribution in [0.2, 0.25) is 0 Å². The average Bonchev–Trinajstić information content (AvgIpc) is 1.70. The van der Waals surface area contributed by atoms with E-state index in [0.29, 0.717) is 16.7 Å². The van der Waals surface area contributed by atoms with Crippen LogP contribution in [0.25, 0.3) is 55.8 Å². The van der Waals surface area contributed by atoms with E-state index in [1.165, 1.54) is 105 Å². The number of alkyl carbamates (subject to hydrolysis) is 1. The van der Waals surface area contributed by atoms with Gasteiger partial charge in [-0.2, -0.15) is 26.3 Å². The standard InChI is InChI=1S/C31H31F4N3O6.C26H23F4N3O4.C8H5NO4.ClH/c1-28(2,3)44-27(41)38-29(4,5)19-15-21(17-6-9-20(32)10-7-17)36-25(16-19)30(42,31(33,34)35)13-12-23(39)18-8-11-24-22(14-18)37-26(40)43-24;1-24(2,31)16-12-18(14-3-6-17(27)7-4-14)32-22(13-16)25(36,26(28,29)30)10-9-20(34)15-5-8-21-19(11-15)33-23(35)37-21;10-7(11)4-1-2-6-5(3-4)9-8(12)13-6;/h6-11,14-16,42H,12-13H2,1-5H3,(H,37,40)(H,38,41);3-8,11-13,36H,9-10,31H2,1-2H3,(H,33,35);1-3H,(H,9,12)(H,10,11);1H. The molecule has 10 aromatic rings. The van der Waals surface area contributed by atoms with Gasteiger partial charge >= 0.3 is 41.7 Å². The number of pyridine rings is 2. The number of ketones is 2. The number of Topliss-reactive ketones (excluding diaryl/α,β-unsaturated/α-hetero) is 2. The number of carbonyl (C=O) groups is 4. The Morgan fingerprint density at radius 3 is 1.22 bits per heavy atom. The summed E-state index contributed by atoms with van der Waals surface area (Å²) in [4.78, 5) is 97.6. The predicted octanol–water partition coefficient (Wildman–Crippen LogP) is 12.7. The minimum atomic E-state index is -5.29. The summed E-state index contributed by atoms with van der Waals surface area (Å²) in [5, 5.41) is 33.5. The number of ether oxygens (including phenoxy) is 1. The number of oxazole rings is 3. The molecule has 0 bridgehead atoms. The number of nitrogens with one attached hydrogen (secondary N) is 4. The highest BCUT2D eigenvalue weighted by Crippen LogP contribution is 2.45. The summed E-state index contributed by atoms with van der Waals surface area (Å²) in [5.41, 5.74) is -3.24. The molecule has 0 saturated heterocycles. The molecule has 10 rings (SSSR count). The van der Waals surface area contributed by atoms with Crippen LogP contribution in [0.15, 0.2) is 155 Å². The van der Waals surface area contributed by atoms with E-state index in [0.717, 1.165) is 36.4 Å². The number of benzene rings is 5. The number of hydrogen-bond acceptors (Lipinski definition) is 16. The van der Waals surface area contributed by atoms with Gasteiger partial charge in [0, 0.05) is 40.6 Å². The maximum absolute atomic E-state index is 14.7. The van der Waals surface area contributed by atoms with Crippen molar-refractivity contribution in [3.05, 3.63) is 210 Å². The number of H-pyrrole nitrogens is 3. The van der Waals surface area contributed by atoms with Gasteiger partial charge in [0.1, 0.15) is 17.2 Å². The van der Waals surface area contributed by atoms with Crippen LogP contribution < -0.4 is 28.3 Å². The fourth-order valence-electron chi connectivity index (χ4n) is 9.43. The molecule has 95 heavy (non-hydrogen) atoms. The second-order valence-electron chi connectivity index (χ2n) is 23.8. The first-order valence-corrected chi connectivity index (χ1v) is 28.3. The molecule has 0 aliphatic heterocycles. The van der Waals surface area contributed by atoms with Crippen molar-refractivity contribution < 1.29 is 87.6 Å². The molecular weight excluding hydrogens is 1290 g/mol. The highest BCUT2D eigenvalue weighted by atomic mass is 35.5. The molecule has 0 fully saturated rings. The van der Waals surface area contributed by atoms with Crippen LogP contribution in [-0.2, 0) is 27.0 Å². The third-order valence-corrected chi connectivity index (χ3v) is 14.6. The lowest BCUT2D eigenvalue weighted by Crippen LogP contribution is -2.45. The second kappa shape index (κ2) is 27.5. The Morgan fingerprint density at radius 1 is 0.526 bits per heavy atom. The first-order chi connectivity index (χ1) is 43.6. The normalized spacial score (nSPS) is 13.3. The van der Waals surface area contributed by atoms with E-state index in [1.54, 1.807) is 34.6 Å². The number of fused-ring (bicyclic) bond motifs is 3. The lowest BCUT2D eigenvalue weighted by Gasteiger charge is -2.33.